The molecule has 1 aromatic rings. The number of nitriles is 1. The van der Waals surface area contributed by atoms with Gasteiger partial charge in [-0.25, -0.2) is 0 Å². The van der Waals surface area contributed by atoms with Gasteiger partial charge in [-0.1, -0.05) is 12.1 Å². The van der Waals surface area contributed by atoms with Crippen molar-refractivity contribution in [1.82, 2.24) is 4.90 Å². The normalized spacial score (nSPS) is 23.4. The molecule has 4 heteroatoms. The van der Waals surface area contributed by atoms with Crippen LogP contribution in [0.2, 0.25) is 0 Å². The third kappa shape index (κ3) is 2.58. The number of benzene rings is 1. The van der Waals surface area contributed by atoms with Crippen molar-refractivity contribution in [2.75, 3.05) is 38.6 Å². The van der Waals surface area contributed by atoms with E-state index in [2.05, 4.69) is 30.0 Å². The van der Waals surface area contributed by atoms with Gasteiger partial charge in [0.2, 0.25) is 0 Å². The lowest BCUT2D eigenvalue weighted by Crippen LogP contribution is -2.60. The Labute approximate surface area is 115 Å². The number of hydrogen-bond donors (Lipinski definition) is 1. The van der Waals surface area contributed by atoms with Gasteiger partial charge in [0.25, 0.3) is 0 Å². The van der Waals surface area contributed by atoms with E-state index in [9.17, 15) is 5.26 Å². The SMILES string of the molecule is CN(C)C1(CN)CCCN(c2ccccc2C#N)C1. The number of anilines is 1. The minimum atomic E-state index is 0.0147. The van der Waals surface area contributed by atoms with Crippen LogP contribution < -0.4 is 10.6 Å². The van der Waals surface area contributed by atoms with Gasteiger partial charge in [-0.3, -0.25) is 0 Å². The molecule has 0 aromatic heterocycles. The summed E-state index contributed by atoms with van der Waals surface area (Å²) in [5.74, 6) is 0. The zero-order valence-corrected chi connectivity index (χ0v) is 11.8. The van der Waals surface area contributed by atoms with Crippen molar-refractivity contribution in [3.63, 3.8) is 0 Å². The monoisotopic (exact) mass is 258 g/mol. The molecule has 2 rings (SSSR count). The van der Waals surface area contributed by atoms with Crippen LogP contribution in [0.3, 0.4) is 0 Å². The Balaban J connectivity index is 2.29. The summed E-state index contributed by atoms with van der Waals surface area (Å²) in [6.07, 6.45) is 2.22. The number of likely N-dealkylation sites (N-methyl/N-ethyl adjacent to an activating group) is 1. The maximum Gasteiger partial charge on any atom is 0.101 e. The van der Waals surface area contributed by atoms with Crippen molar-refractivity contribution in [2.45, 2.75) is 18.4 Å². The smallest absolute Gasteiger partial charge is 0.101 e. The fourth-order valence-electron chi connectivity index (χ4n) is 2.88. The van der Waals surface area contributed by atoms with Crippen molar-refractivity contribution >= 4 is 5.69 Å². The average Bonchev–Trinajstić information content (AvgIpc) is 2.47. The molecule has 0 spiro atoms. The van der Waals surface area contributed by atoms with E-state index in [4.69, 9.17) is 5.73 Å². The summed E-state index contributed by atoms with van der Waals surface area (Å²) < 4.78 is 0. The maximum atomic E-state index is 9.23. The third-order valence-corrected chi connectivity index (χ3v) is 4.25. The molecule has 0 bridgehead atoms. The zero-order valence-electron chi connectivity index (χ0n) is 11.8. The summed E-state index contributed by atoms with van der Waals surface area (Å²) in [4.78, 5) is 4.53. The zero-order chi connectivity index (χ0) is 13.9. The molecule has 2 N–H and O–H groups in total. The highest BCUT2D eigenvalue weighted by Crippen LogP contribution is 2.30. The molecule has 1 unspecified atom stereocenters. The summed E-state index contributed by atoms with van der Waals surface area (Å²) in [6, 6.07) is 10.1. The molecule has 1 aromatic carbocycles. The Morgan fingerprint density at radius 1 is 1.42 bits per heavy atom. The van der Waals surface area contributed by atoms with Gasteiger partial charge in [0.1, 0.15) is 6.07 Å². The van der Waals surface area contributed by atoms with Gasteiger partial charge < -0.3 is 15.5 Å². The summed E-state index contributed by atoms with van der Waals surface area (Å²) in [7, 11) is 4.18. The van der Waals surface area contributed by atoms with Crippen molar-refractivity contribution in [3.8, 4) is 6.07 Å². The number of piperidine rings is 1. The van der Waals surface area contributed by atoms with Crippen LogP contribution in [0, 0.1) is 11.3 Å². The van der Waals surface area contributed by atoms with Crippen molar-refractivity contribution in [3.05, 3.63) is 29.8 Å². The summed E-state index contributed by atoms with van der Waals surface area (Å²) in [5, 5.41) is 9.23. The third-order valence-electron chi connectivity index (χ3n) is 4.25. The molecule has 1 saturated heterocycles. The van der Waals surface area contributed by atoms with E-state index in [1.165, 1.54) is 0 Å². The summed E-state index contributed by atoms with van der Waals surface area (Å²) in [5.41, 5.74) is 7.81. The fraction of sp³-hybridized carbons (Fsp3) is 0.533. The van der Waals surface area contributed by atoms with Crippen LogP contribution in [0.15, 0.2) is 24.3 Å². The average molecular weight is 258 g/mol. The highest BCUT2D eigenvalue weighted by atomic mass is 15.3. The molecular weight excluding hydrogens is 236 g/mol. The predicted molar refractivity (Wildman–Crippen MR) is 78.1 cm³/mol. The van der Waals surface area contributed by atoms with Crippen LogP contribution in [0.25, 0.3) is 0 Å². The quantitative estimate of drug-likeness (QED) is 0.891. The highest BCUT2D eigenvalue weighted by molar-refractivity contribution is 5.59. The molecule has 0 radical (unpaired) electrons. The Kier molecular flexibility index (Phi) is 4.08. The van der Waals surface area contributed by atoms with E-state index < -0.39 is 0 Å². The number of para-hydroxylation sites is 1. The van der Waals surface area contributed by atoms with Gasteiger partial charge in [-0.15, -0.1) is 0 Å². The minimum Gasteiger partial charge on any atom is -0.369 e. The van der Waals surface area contributed by atoms with Crippen LogP contribution in [0.4, 0.5) is 5.69 Å². The van der Waals surface area contributed by atoms with Crippen LogP contribution in [-0.4, -0.2) is 44.2 Å². The standard InChI is InChI=1S/C15H22N4/c1-18(2)15(11-17)8-5-9-19(12-15)14-7-4-3-6-13(14)10-16/h3-4,6-7H,5,8-9,11-12,17H2,1-2H3. The van der Waals surface area contributed by atoms with Gasteiger partial charge in [-0.05, 0) is 39.1 Å². The molecular formula is C15H22N4. The maximum absolute atomic E-state index is 9.23. The number of hydrogen-bond acceptors (Lipinski definition) is 4. The predicted octanol–water partition coefficient (Wildman–Crippen LogP) is 1.42. The molecule has 102 valence electrons. The van der Waals surface area contributed by atoms with E-state index in [-0.39, 0.29) is 5.54 Å². The van der Waals surface area contributed by atoms with Crippen LogP contribution in [0.5, 0.6) is 0 Å². The van der Waals surface area contributed by atoms with Gasteiger partial charge in [-0.2, -0.15) is 5.26 Å². The number of rotatable bonds is 3. The van der Waals surface area contributed by atoms with Gasteiger partial charge >= 0.3 is 0 Å². The van der Waals surface area contributed by atoms with Crippen LogP contribution in [0.1, 0.15) is 18.4 Å². The lowest BCUT2D eigenvalue weighted by Gasteiger charge is -2.47. The Bertz CT molecular complexity index is 477. The number of nitrogens with zero attached hydrogens (tertiary/aromatic N) is 3. The molecule has 1 atom stereocenters. The first-order valence-corrected chi connectivity index (χ1v) is 6.74. The lowest BCUT2D eigenvalue weighted by molar-refractivity contribution is 0.135. The number of nitrogens with two attached hydrogens (primary N) is 1. The first kappa shape index (κ1) is 13.9. The van der Waals surface area contributed by atoms with Crippen molar-refractivity contribution in [2.24, 2.45) is 5.73 Å². The van der Waals surface area contributed by atoms with Gasteiger partial charge in [0, 0.05) is 19.6 Å². The van der Waals surface area contributed by atoms with Crippen molar-refractivity contribution in [1.29, 1.82) is 5.26 Å². The second-order valence-corrected chi connectivity index (χ2v) is 5.48. The van der Waals surface area contributed by atoms with Gasteiger partial charge in [0.05, 0.1) is 16.8 Å². The first-order valence-electron chi connectivity index (χ1n) is 6.74. The molecule has 1 aliphatic rings. The Hall–Kier alpha value is -1.57. The second-order valence-electron chi connectivity index (χ2n) is 5.48. The van der Waals surface area contributed by atoms with E-state index >= 15 is 0 Å². The molecule has 0 aliphatic carbocycles. The molecule has 0 amide bonds. The Morgan fingerprint density at radius 3 is 2.79 bits per heavy atom. The lowest BCUT2D eigenvalue weighted by atomic mass is 9.87. The molecule has 1 aliphatic heterocycles. The van der Waals surface area contributed by atoms with E-state index in [0.29, 0.717) is 6.54 Å². The Morgan fingerprint density at radius 2 is 2.16 bits per heavy atom. The molecule has 1 heterocycles. The fourth-order valence-corrected chi connectivity index (χ4v) is 2.88. The van der Waals surface area contributed by atoms with E-state index in [0.717, 1.165) is 37.2 Å². The van der Waals surface area contributed by atoms with E-state index in [1.807, 2.05) is 24.3 Å². The molecule has 0 saturated carbocycles. The summed E-state index contributed by atoms with van der Waals surface area (Å²) in [6.45, 7) is 2.52. The second kappa shape index (κ2) is 5.60. The molecule has 19 heavy (non-hydrogen) atoms. The largest absolute Gasteiger partial charge is 0.369 e. The van der Waals surface area contributed by atoms with E-state index in [1.54, 1.807) is 0 Å². The van der Waals surface area contributed by atoms with Gasteiger partial charge in [0.15, 0.2) is 0 Å². The van der Waals surface area contributed by atoms with Crippen LogP contribution >= 0.6 is 0 Å². The molecule has 1 fully saturated rings. The summed E-state index contributed by atoms with van der Waals surface area (Å²) >= 11 is 0. The first-order chi connectivity index (χ1) is 9.13. The highest BCUT2D eigenvalue weighted by Gasteiger charge is 2.36. The molecule has 4 nitrogen and oxygen atoms in total. The van der Waals surface area contributed by atoms with Crippen molar-refractivity contribution < 1.29 is 0 Å². The topological polar surface area (TPSA) is 56.3 Å². The minimum absolute atomic E-state index is 0.0147. The van der Waals surface area contributed by atoms with Crippen LogP contribution in [-0.2, 0) is 0 Å².